The lowest BCUT2D eigenvalue weighted by Crippen LogP contribution is -2.40. The lowest BCUT2D eigenvalue weighted by molar-refractivity contribution is -0.134. The van der Waals surface area contributed by atoms with Gasteiger partial charge in [0, 0.05) is 28.6 Å². The molecule has 1 saturated heterocycles. The van der Waals surface area contributed by atoms with Gasteiger partial charge in [0.25, 0.3) is 0 Å². The summed E-state index contributed by atoms with van der Waals surface area (Å²) in [4.78, 5) is 40.2. The summed E-state index contributed by atoms with van der Waals surface area (Å²) >= 11 is 12.8. The van der Waals surface area contributed by atoms with Crippen LogP contribution in [-0.2, 0) is 26.3 Å². The summed E-state index contributed by atoms with van der Waals surface area (Å²) in [5.74, 6) is -2.13. The van der Waals surface area contributed by atoms with Crippen LogP contribution in [0.2, 0.25) is 10.0 Å². The highest BCUT2D eigenvalue weighted by Gasteiger charge is 2.32. The van der Waals surface area contributed by atoms with E-state index in [0.29, 0.717) is 33.3 Å². The Bertz CT molecular complexity index is 986. The van der Waals surface area contributed by atoms with Gasteiger partial charge >= 0.3 is 0 Å². The van der Waals surface area contributed by atoms with Gasteiger partial charge in [-0.25, -0.2) is 4.39 Å². The van der Waals surface area contributed by atoms with Crippen molar-refractivity contribution in [2.24, 2.45) is 0 Å². The Hall–Kier alpha value is -2.51. The molecule has 2 aromatic rings. The van der Waals surface area contributed by atoms with Gasteiger partial charge in [0.05, 0.1) is 23.2 Å². The molecule has 2 heterocycles. The van der Waals surface area contributed by atoms with E-state index in [2.05, 4.69) is 15.6 Å². The van der Waals surface area contributed by atoms with E-state index in [1.54, 1.807) is 26.0 Å². The number of halogens is 3. The van der Waals surface area contributed by atoms with Crippen LogP contribution in [0, 0.1) is 5.82 Å². The molecule has 0 spiro atoms. The first-order valence-corrected chi connectivity index (χ1v) is 10.1. The van der Waals surface area contributed by atoms with Gasteiger partial charge in [0.2, 0.25) is 17.7 Å². The minimum atomic E-state index is -0.978. The van der Waals surface area contributed by atoms with E-state index in [-0.39, 0.29) is 24.8 Å². The van der Waals surface area contributed by atoms with E-state index >= 15 is 0 Å². The molecule has 2 N–H and O–H groups in total. The fraction of sp³-hybridized carbons (Fsp3) is 0.333. The number of benzene rings is 1. The summed E-state index contributed by atoms with van der Waals surface area (Å²) in [5.41, 5.74) is 0.575. The molecule has 0 bridgehead atoms. The summed E-state index contributed by atoms with van der Waals surface area (Å²) in [5, 5.41) is 5.68. The highest BCUT2D eigenvalue weighted by Crippen LogP contribution is 2.37. The molecule has 9 heteroatoms. The topological polar surface area (TPSA) is 88.2 Å². The SMILES string of the molecule is CC(C)(C(=O)NCc1cc(Cl)c(C2CCC(=O)NC2=O)c(Cl)c1)c1ccc(F)cn1. The monoisotopic (exact) mass is 451 g/mol. The van der Waals surface area contributed by atoms with Crippen molar-refractivity contribution >= 4 is 40.9 Å². The van der Waals surface area contributed by atoms with Crippen LogP contribution in [0.3, 0.4) is 0 Å². The first kappa shape index (κ1) is 22.2. The highest BCUT2D eigenvalue weighted by molar-refractivity contribution is 6.36. The number of nitrogens with zero attached hydrogens (tertiary/aromatic N) is 1. The molecule has 0 aliphatic carbocycles. The number of nitrogens with one attached hydrogen (secondary N) is 2. The molecular formula is C21H20Cl2FN3O3. The lowest BCUT2D eigenvalue weighted by Gasteiger charge is -2.24. The number of aromatic nitrogens is 1. The minimum Gasteiger partial charge on any atom is -0.351 e. The predicted molar refractivity (Wildman–Crippen MR) is 111 cm³/mol. The largest absolute Gasteiger partial charge is 0.351 e. The minimum absolute atomic E-state index is 0.151. The molecule has 3 amide bonds. The molecule has 6 nitrogen and oxygen atoms in total. The van der Waals surface area contributed by atoms with Crippen molar-refractivity contribution in [3.8, 4) is 0 Å². The molecule has 158 valence electrons. The van der Waals surface area contributed by atoms with Gasteiger partial charge < -0.3 is 5.32 Å². The van der Waals surface area contributed by atoms with E-state index in [9.17, 15) is 18.8 Å². The van der Waals surface area contributed by atoms with Crippen LogP contribution >= 0.6 is 23.2 Å². The van der Waals surface area contributed by atoms with E-state index < -0.39 is 23.1 Å². The summed E-state index contributed by atoms with van der Waals surface area (Å²) < 4.78 is 13.1. The van der Waals surface area contributed by atoms with E-state index in [4.69, 9.17) is 23.2 Å². The molecule has 0 saturated carbocycles. The second-order valence-corrected chi connectivity index (χ2v) is 8.46. The van der Waals surface area contributed by atoms with Crippen molar-refractivity contribution in [3.05, 3.63) is 63.1 Å². The van der Waals surface area contributed by atoms with E-state index in [0.717, 1.165) is 6.20 Å². The number of carbonyl (C=O) groups is 3. The standard InChI is InChI=1S/C21H20Cl2FN3O3/c1-21(2,16-5-3-12(24)10-25-16)20(30)26-9-11-7-14(22)18(15(23)8-11)13-4-6-17(28)27-19(13)29/h3,5,7-8,10,13H,4,6,9H2,1-2H3,(H,26,30)(H,27,28,29). The Labute approximate surface area is 183 Å². The molecule has 1 aliphatic heterocycles. The molecule has 0 radical (unpaired) electrons. The Morgan fingerprint density at radius 3 is 2.50 bits per heavy atom. The molecule has 1 fully saturated rings. The van der Waals surface area contributed by atoms with Gasteiger partial charge in [-0.1, -0.05) is 23.2 Å². The predicted octanol–water partition coefficient (Wildman–Crippen LogP) is 3.64. The van der Waals surface area contributed by atoms with Crippen molar-refractivity contribution in [1.82, 2.24) is 15.6 Å². The number of pyridine rings is 1. The third-order valence-corrected chi connectivity index (χ3v) is 5.74. The fourth-order valence-corrected chi connectivity index (χ4v) is 4.10. The zero-order valence-electron chi connectivity index (χ0n) is 16.4. The number of amides is 3. The van der Waals surface area contributed by atoms with Crippen LogP contribution in [0.25, 0.3) is 0 Å². The molecule has 1 aliphatic rings. The number of carbonyl (C=O) groups excluding carboxylic acids is 3. The molecule has 1 aromatic carbocycles. The van der Waals surface area contributed by atoms with Gasteiger partial charge in [-0.05, 0) is 50.1 Å². The molecule has 30 heavy (non-hydrogen) atoms. The summed E-state index contributed by atoms with van der Waals surface area (Å²) in [6, 6.07) is 5.99. The van der Waals surface area contributed by atoms with Crippen LogP contribution < -0.4 is 10.6 Å². The molecule has 1 unspecified atom stereocenters. The Morgan fingerprint density at radius 1 is 1.27 bits per heavy atom. The quantitative estimate of drug-likeness (QED) is 0.679. The van der Waals surface area contributed by atoms with E-state index in [1.807, 2.05) is 0 Å². The zero-order chi connectivity index (χ0) is 22.1. The first-order valence-electron chi connectivity index (χ1n) is 9.31. The van der Waals surface area contributed by atoms with Crippen molar-refractivity contribution in [2.45, 2.75) is 44.6 Å². The number of hydrogen-bond acceptors (Lipinski definition) is 4. The van der Waals surface area contributed by atoms with Crippen molar-refractivity contribution < 1.29 is 18.8 Å². The van der Waals surface area contributed by atoms with Gasteiger partial charge in [-0.2, -0.15) is 0 Å². The number of piperidine rings is 1. The number of rotatable bonds is 5. The van der Waals surface area contributed by atoms with Crippen LogP contribution in [-0.4, -0.2) is 22.7 Å². The van der Waals surface area contributed by atoms with Crippen LogP contribution in [0.5, 0.6) is 0 Å². The van der Waals surface area contributed by atoms with E-state index in [1.165, 1.54) is 12.1 Å². The van der Waals surface area contributed by atoms with Crippen molar-refractivity contribution in [1.29, 1.82) is 0 Å². The summed E-state index contributed by atoms with van der Waals surface area (Å²) in [7, 11) is 0. The normalized spacial score (nSPS) is 16.9. The molecular weight excluding hydrogens is 432 g/mol. The third kappa shape index (κ3) is 4.63. The van der Waals surface area contributed by atoms with Crippen LogP contribution in [0.1, 0.15) is 49.4 Å². The molecule has 1 atom stereocenters. The van der Waals surface area contributed by atoms with Gasteiger partial charge in [0.15, 0.2) is 0 Å². The highest BCUT2D eigenvalue weighted by atomic mass is 35.5. The maximum absolute atomic E-state index is 13.1. The first-order chi connectivity index (χ1) is 14.1. The van der Waals surface area contributed by atoms with Crippen molar-refractivity contribution in [2.75, 3.05) is 0 Å². The second-order valence-electron chi connectivity index (χ2n) is 7.65. The summed E-state index contributed by atoms with van der Waals surface area (Å²) in [6.45, 7) is 3.53. The molecule has 3 rings (SSSR count). The maximum atomic E-state index is 13.1. The fourth-order valence-electron chi connectivity index (χ4n) is 3.31. The lowest BCUT2D eigenvalue weighted by atomic mass is 9.87. The Kier molecular flexibility index (Phi) is 6.43. The molecule has 1 aromatic heterocycles. The average Bonchev–Trinajstić information content (AvgIpc) is 2.67. The number of hydrogen-bond donors (Lipinski definition) is 2. The smallest absolute Gasteiger partial charge is 0.234 e. The third-order valence-electron chi connectivity index (χ3n) is 5.11. The summed E-state index contributed by atoms with van der Waals surface area (Å²) in [6.07, 6.45) is 1.62. The van der Waals surface area contributed by atoms with Gasteiger partial charge in [0.1, 0.15) is 5.82 Å². The maximum Gasteiger partial charge on any atom is 0.234 e. The average molecular weight is 452 g/mol. The Balaban J connectivity index is 1.73. The van der Waals surface area contributed by atoms with Crippen LogP contribution in [0.15, 0.2) is 30.5 Å². The van der Waals surface area contributed by atoms with Crippen LogP contribution in [0.4, 0.5) is 4.39 Å². The van der Waals surface area contributed by atoms with Crippen molar-refractivity contribution in [3.63, 3.8) is 0 Å². The second kappa shape index (κ2) is 8.70. The zero-order valence-corrected chi connectivity index (χ0v) is 17.9. The van der Waals surface area contributed by atoms with Gasteiger partial charge in [-0.15, -0.1) is 0 Å². The number of imide groups is 1. The Morgan fingerprint density at radius 2 is 1.93 bits per heavy atom. The van der Waals surface area contributed by atoms with Gasteiger partial charge in [-0.3, -0.25) is 24.7 Å².